The molecule has 1 fully saturated rings. The minimum Gasteiger partial charge on any atom is -0.351 e. The summed E-state index contributed by atoms with van der Waals surface area (Å²) in [4.78, 5) is 15.1. The van der Waals surface area contributed by atoms with Gasteiger partial charge in [0.1, 0.15) is 5.69 Å². The van der Waals surface area contributed by atoms with Crippen LogP contribution >= 0.6 is 0 Å². The van der Waals surface area contributed by atoms with Crippen molar-refractivity contribution in [3.63, 3.8) is 0 Å². The van der Waals surface area contributed by atoms with Crippen LogP contribution in [0.15, 0.2) is 30.3 Å². The largest absolute Gasteiger partial charge is 0.351 e. The van der Waals surface area contributed by atoms with Crippen LogP contribution in [0.2, 0.25) is 0 Å². The Morgan fingerprint density at radius 3 is 3.00 bits per heavy atom. The van der Waals surface area contributed by atoms with Crippen molar-refractivity contribution in [3.05, 3.63) is 36.0 Å². The summed E-state index contributed by atoms with van der Waals surface area (Å²) < 4.78 is 0. The highest BCUT2D eigenvalue weighted by molar-refractivity contribution is 5.98. The maximum absolute atomic E-state index is 12.0. The van der Waals surface area contributed by atoms with E-state index in [1.54, 1.807) is 0 Å². The van der Waals surface area contributed by atoms with Gasteiger partial charge in [-0.1, -0.05) is 18.2 Å². The van der Waals surface area contributed by atoms with Gasteiger partial charge in [-0.25, -0.2) is 0 Å². The fourth-order valence-electron chi connectivity index (χ4n) is 2.24. The molecular weight excluding hydrogens is 214 g/mol. The molecule has 0 spiro atoms. The van der Waals surface area contributed by atoms with Crippen molar-refractivity contribution >= 4 is 16.8 Å². The number of H-pyrrole nitrogens is 1. The standard InChI is InChI=1S/C13H15N3O/c17-13(15-10-5-6-14-8-10)12-7-9-3-1-2-4-11(9)16-12/h1-4,7,10,14,16H,5-6,8H2,(H,15,17). The van der Waals surface area contributed by atoms with Crippen molar-refractivity contribution in [1.82, 2.24) is 15.6 Å². The van der Waals surface area contributed by atoms with Crippen LogP contribution in [-0.2, 0) is 0 Å². The maximum atomic E-state index is 12.0. The van der Waals surface area contributed by atoms with Gasteiger partial charge in [0.15, 0.2) is 0 Å². The van der Waals surface area contributed by atoms with E-state index in [-0.39, 0.29) is 11.9 Å². The number of rotatable bonds is 2. The van der Waals surface area contributed by atoms with Gasteiger partial charge in [0.2, 0.25) is 0 Å². The first-order chi connectivity index (χ1) is 8.33. The number of aromatic amines is 1. The highest BCUT2D eigenvalue weighted by Gasteiger charge is 2.18. The molecule has 4 heteroatoms. The minimum absolute atomic E-state index is 0.0186. The van der Waals surface area contributed by atoms with Gasteiger partial charge in [-0.15, -0.1) is 0 Å². The zero-order valence-corrected chi connectivity index (χ0v) is 9.49. The highest BCUT2D eigenvalue weighted by Crippen LogP contribution is 2.14. The smallest absolute Gasteiger partial charge is 0.267 e. The monoisotopic (exact) mass is 229 g/mol. The lowest BCUT2D eigenvalue weighted by Gasteiger charge is -2.09. The van der Waals surface area contributed by atoms with Crippen molar-refractivity contribution in [2.75, 3.05) is 13.1 Å². The first-order valence-electron chi connectivity index (χ1n) is 5.92. The molecule has 4 nitrogen and oxygen atoms in total. The van der Waals surface area contributed by atoms with E-state index < -0.39 is 0 Å². The van der Waals surface area contributed by atoms with Crippen molar-refractivity contribution in [2.45, 2.75) is 12.5 Å². The minimum atomic E-state index is -0.0186. The summed E-state index contributed by atoms with van der Waals surface area (Å²) in [5.41, 5.74) is 1.64. The summed E-state index contributed by atoms with van der Waals surface area (Å²) in [6.07, 6.45) is 1.01. The van der Waals surface area contributed by atoms with Gasteiger partial charge in [0, 0.05) is 23.5 Å². The maximum Gasteiger partial charge on any atom is 0.267 e. The van der Waals surface area contributed by atoms with Crippen LogP contribution in [0.3, 0.4) is 0 Å². The van der Waals surface area contributed by atoms with Crippen molar-refractivity contribution in [1.29, 1.82) is 0 Å². The van der Waals surface area contributed by atoms with Gasteiger partial charge in [0.05, 0.1) is 0 Å². The molecule has 17 heavy (non-hydrogen) atoms. The molecule has 3 rings (SSSR count). The van der Waals surface area contributed by atoms with Gasteiger partial charge < -0.3 is 15.6 Å². The number of amides is 1. The third-order valence-corrected chi connectivity index (χ3v) is 3.17. The van der Waals surface area contributed by atoms with Crippen LogP contribution < -0.4 is 10.6 Å². The second-order valence-corrected chi connectivity index (χ2v) is 4.43. The SMILES string of the molecule is O=C(NC1CCNC1)c1cc2ccccc2[nH]1. The van der Waals surface area contributed by atoms with Gasteiger partial charge in [0.25, 0.3) is 5.91 Å². The molecule has 1 unspecified atom stereocenters. The average Bonchev–Trinajstić information content (AvgIpc) is 2.96. The molecular formula is C13H15N3O. The molecule has 1 aliphatic heterocycles. The highest BCUT2D eigenvalue weighted by atomic mass is 16.1. The Bertz CT molecular complexity index is 507. The number of carbonyl (C=O) groups excluding carboxylic acids is 1. The van der Waals surface area contributed by atoms with E-state index in [1.165, 1.54) is 0 Å². The summed E-state index contributed by atoms with van der Waals surface area (Å²) >= 11 is 0. The van der Waals surface area contributed by atoms with Crippen LogP contribution in [0.4, 0.5) is 0 Å². The molecule has 1 aromatic carbocycles. The molecule has 3 N–H and O–H groups in total. The van der Waals surface area contributed by atoms with Crippen LogP contribution in [-0.4, -0.2) is 30.0 Å². The predicted octanol–water partition coefficient (Wildman–Crippen LogP) is 1.26. The number of para-hydroxylation sites is 1. The topological polar surface area (TPSA) is 56.9 Å². The third kappa shape index (κ3) is 2.03. The molecule has 0 aliphatic carbocycles. The Morgan fingerprint density at radius 2 is 2.24 bits per heavy atom. The van der Waals surface area contributed by atoms with E-state index in [1.807, 2.05) is 30.3 Å². The Labute approximate surface area is 99.4 Å². The molecule has 0 saturated carbocycles. The van der Waals surface area contributed by atoms with Crippen molar-refractivity contribution < 1.29 is 4.79 Å². The number of benzene rings is 1. The van der Waals surface area contributed by atoms with Crippen LogP contribution in [0.5, 0.6) is 0 Å². The summed E-state index contributed by atoms with van der Waals surface area (Å²) in [7, 11) is 0. The molecule has 0 radical (unpaired) electrons. The van der Waals surface area contributed by atoms with Crippen LogP contribution in [0.25, 0.3) is 10.9 Å². The van der Waals surface area contributed by atoms with E-state index in [2.05, 4.69) is 15.6 Å². The van der Waals surface area contributed by atoms with Gasteiger partial charge >= 0.3 is 0 Å². The summed E-state index contributed by atoms with van der Waals surface area (Å²) in [6.45, 7) is 1.85. The zero-order valence-electron chi connectivity index (χ0n) is 9.49. The van der Waals surface area contributed by atoms with Gasteiger partial charge in [-0.05, 0) is 25.1 Å². The summed E-state index contributed by atoms with van der Waals surface area (Å²) in [6, 6.07) is 10.1. The Morgan fingerprint density at radius 1 is 1.35 bits per heavy atom. The lowest BCUT2D eigenvalue weighted by Crippen LogP contribution is -2.36. The zero-order chi connectivity index (χ0) is 11.7. The fraction of sp³-hybridized carbons (Fsp3) is 0.308. The summed E-state index contributed by atoms with van der Waals surface area (Å²) in [5, 5.41) is 7.33. The van der Waals surface area contributed by atoms with Gasteiger partial charge in [-0.2, -0.15) is 0 Å². The Kier molecular flexibility index (Phi) is 2.57. The number of fused-ring (bicyclic) bond motifs is 1. The number of carbonyl (C=O) groups is 1. The number of hydrogen-bond donors (Lipinski definition) is 3. The third-order valence-electron chi connectivity index (χ3n) is 3.17. The molecule has 2 heterocycles. The lowest BCUT2D eigenvalue weighted by molar-refractivity contribution is 0.0936. The normalized spacial score (nSPS) is 19.6. The molecule has 1 saturated heterocycles. The number of hydrogen-bond acceptors (Lipinski definition) is 2. The van der Waals surface area contributed by atoms with E-state index in [9.17, 15) is 4.79 Å². The molecule has 1 atom stereocenters. The van der Waals surface area contributed by atoms with Gasteiger partial charge in [-0.3, -0.25) is 4.79 Å². The predicted molar refractivity (Wildman–Crippen MR) is 67.0 cm³/mol. The van der Waals surface area contributed by atoms with E-state index in [0.29, 0.717) is 5.69 Å². The van der Waals surface area contributed by atoms with Crippen molar-refractivity contribution in [2.24, 2.45) is 0 Å². The number of nitrogens with one attached hydrogen (secondary N) is 3. The Balaban J connectivity index is 1.80. The molecule has 1 aromatic heterocycles. The fourth-order valence-corrected chi connectivity index (χ4v) is 2.24. The molecule has 0 bridgehead atoms. The van der Waals surface area contributed by atoms with Crippen LogP contribution in [0.1, 0.15) is 16.9 Å². The Hall–Kier alpha value is -1.81. The second-order valence-electron chi connectivity index (χ2n) is 4.43. The van der Waals surface area contributed by atoms with Crippen LogP contribution in [0, 0.1) is 0 Å². The average molecular weight is 229 g/mol. The summed E-state index contributed by atoms with van der Waals surface area (Å²) in [5.74, 6) is -0.0186. The molecule has 2 aromatic rings. The first kappa shape index (κ1) is 10.4. The van der Waals surface area contributed by atoms with E-state index in [0.717, 1.165) is 30.4 Å². The number of aromatic nitrogens is 1. The lowest BCUT2D eigenvalue weighted by atomic mass is 10.2. The second kappa shape index (κ2) is 4.22. The first-order valence-corrected chi connectivity index (χ1v) is 5.92. The van der Waals surface area contributed by atoms with E-state index in [4.69, 9.17) is 0 Å². The van der Waals surface area contributed by atoms with E-state index >= 15 is 0 Å². The van der Waals surface area contributed by atoms with Crippen molar-refractivity contribution in [3.8, 4) is 0 Å². The molecule has 1 aliphatic rings. The molecule has 1 amide bonds. The quantitative estimate of drug-likeness (QED) is 0.726. The molecule has 88 valence electrons.